The summed E-state index contributed by atoms with van der Waals surface area (Å²) in [6.45, 7) is 4.01. The molecule has 104 valence electrons. The third-order valence-corrected chi connectivity index (χ3v) is 4.02. The largest absolute Gasteiger partial charge is 0.389 e. The van der Waals surface area contributed by atoms with Gasteiger partial charge in [0.2, 0.25) is 0 Å². The summed E-state index contributed by atoms with van der Waals surface area (Å²) < 4.78 is 0. The number of anilines is 2. The number of fused-ring (bicyclic) bond motifs is 1. The van der Waals surface area contributed by atoms with Crippen molar-refractivity contribution in [1.82, 2.24) is 4.98 Å². The van der Waals surface area contributed by atoms with Crippen LogP contribution in [-0.4, -0.2) is 16.1 Å². The van der Waals surface area contributed by atoms with E-state index < -0.39 is 6.10 Å². The third kappa shape index (κ3) is 2.18. The number of aliphatic hydroxyl groups is 1. The summed E-state index contributed by atoms with van der Waals surface area (Å²) in [6.07, 6.45) is 3.49. The molecule has 0 spiro atoms. The predicted octanol–water partition coefficient (Wildman–Crippen LogP) is 3.61. The number of para-hydroxylation sites is 1. The van der Waals surface area contributed by atoms with Crippen molar-refractivity contribution in [3.63, 3.8) is 0 Å². The van der Waals surface area contributed by atoms with E-state index in [4.69, 9.17) is 0 Å². The number of aromatic nitrogens is 1. The Labute approximate surface area is 119 Å². The molecular formula is C17H20N2O. The van der Waals surface area contributed by atoms with Crippen LogP contribution in [-0.2, 0) is 6.42 Å². The molecule has 1 aliphatic heterocycles. The van der Waals surface area contributed by atoms with Gasteiger partial charge in [0.05, 0.1) is 6.10 Å². The van der Waals surface area contributed by atoms with E-state index in [0.29, 0.717) is 6.04 Å². The summed E-state index contributed by atoms with van der Waals surface area (Å²) in [4.78, 5) is 6.80. The van der Waals surface area contributed by atoms with Gasteiger partial charge in [-0.15, -0.1) is 0 Å². The minimum Gasteiger partial charge on any atom is -0.389 e. The Morgan fingerprint density at radius 3 is 2.85 bits per heavy atom. The lowest BCUT2D eigenvalue weighted by Crippen LogP contribution is -2.34. The minimum atomic E-state index is -0.514. The molecule has 0 amide bonds. The minimum absolute atomic E-state index is 0.386. The van der Waals surface area contributed by atoms with E-state index in [2.05, 4.69) is 41.1 Å². The van der Waals surface area contributed by atoms with Crippen LogP contribution in [0.1, 0.15) is 37.5 Å². The number of nitrogens with zero attached hydrogens (tertiary/aromatic N) is 2. The first-order valence-electron chi connectivity index (χ1n) is 7.18. The molecule has 0 bridgehead atoms. The molecule has 2 aromatic rings. The lowest BCUT2D eigenvalue weighted by atomic mass is 9.96. The Hall–Kier alpha value is -1.87. The summed E-state index contributed by atoms with van der Waals surface area (Å²) >= 11 is 0. The number of aryl methyl sites for hydroxylation is 1. The highest BCUT2D eigenvalue weighted by molar-refractivity contribution is 5.68. The molecule has 1 aromatic carbocycles. The molecule has 3 nitrogen and oxygen atoms in total. The van der Waals surface area contributed by atoms with Crippen molar-refractivity contribution in [1.29, 1.82) is 0 Å². The molecule has 3 heteroatoms. The maximum absolute atomic E-state index is 10.0. The molecule has 1 aliphatic rings. The Morgan fingerprint density at radius 1 is 1.25 bits per heavy atom. The SMILES string of the molecule is CC(O)c1cccnc1N1c2ccccc2CCC1C. The molecule has 2 heterocycles. The lowest BCUT2D eigenvalue weighted by molar-refractivity contribution is 0.199. The van der Waals surface area contributed by atoms with Crippen molar-refractivity contribution in [2.45, 2.75) is 38.8 Å². The highest BCUT2D eigenvalue weighted by atomic mass is 16.3. The van der Waals surface area contributed by atoms with E-state index >= 15 is 0 Å². The van der Waals surface area contributed by atoms with Crippen molar-refractivity contribution in [3.05, 3.63) is 53.7 Å². The fourth-order valence-corrected chi connectivity index (χ4v) is 2.95. The first-order valence-corrected chi connectivity index (χ1v) is 7.18. The number of benzene rings is 1. The van der Waals surface area contributed by atoms with Crippen LogP contribution in [0.5, 0.6) is 0 Å². The zero-order chi connectivity index (χ0) is 14.1. The Bertz CT molecular complexity index is 609. The highest BCUT2D eigenvalue weighted by Gasteiger charge is 2.27. The molecule has 0 aliphatic carbocycles. The van der Waals surface area contributed by atoms with Crippen LogP contribution in [0.4, 0.5) is 11.5 Å². The molecule has 20 heavy (non-hydrogen) atoms. The molecule has 1 aromatic heterocycles. The second-order valence-electron chi connectivity index (χ2n) is 5.48. The zero-order valence-electron chi connectivity index (χ0n) is 12.0. The number of rotatable bonds is 2. The van der Waals surface area contributed by atoms with E-state index in [9.17, 15) is 5.11 Å². The maximum atomic E-state index is 10.0. The zero-order valence-corrected chi connectivity index (χ0v) is 12.0. The van der Waals surface area contributed by atoms with E-state index in [0.717, 1.165) is 24.2 Å². The van der Waals surface area contributed by atoms with Gasteiger partial charge in [0.1, 0.15) is 5.82 Å². The normalized spacial score (nSPS) is 19.6. The van der Waals surface area contributed by atoms with E-state index in [1.54, 1.807) is 13.1 Å². The molecule has 0 saturated carbocycles. The smallest absolute Gasteiger partial charge is 0.139 e. The first-order chi connectivity index (χ1) is 9.68. The van der Waals surface area contributed by atoms with Crippen LogP contribution in [0.25, 0.3) is 0 Å². The van der Waals surface area contributed by atoms with Gasteiger partial charge in [-0.3, -0.25) is 0 Å². The predicted molar refractivity (Wildman–Crippen MR) is 81.2 cm³/mol. The van der Waals surface area contributed by atoms with Gasteiger partial charge in [0.25, 0.3) is 0 Å². The molecule has 0 radical (unpaired) electrons. The Balaban J connectivity index is 2.14. The Kier molecular flexibility index (Phi) is 3.45. The van der Waals surface area contributed by atoms with Gasteiger partial charge in [0.15, 0.2) is 0 Å². The molecule has 1 N–H and O–H groups in total. The van der Waals surface area contributed by atoms with E-state index in [-0.39, 0.29) is 0 Å². The molecule has 0 fully saturated rings. The van der Waals surface area contributed by atoms with Gasteiger partial charge in [0, 0.05) is 23.5 Å². The second-order valence-corrected chi connectivity index (χ2v) is 5.48. The van der Waals surface area contributed by atoms with Gasteiger partial charge in [-0.2, -0.15) is 0 Å². The summed E-state index contributed by atoms with van der Waals surface area (Å²) in [6, 6.07) is 12.7. The van der Waals surface area contributed by atoms with Crippen LogP contribution < -0.4 is 4.90 Å². The lowest BCUT2D eigenvalue weighted by Gasteiger charge is -2.37. The van der Waals surface area contributed by atoms with Crippen molar-refractivity contribution < 1.29 is 5.11 Å². The van der Waals surface area contributed by atoms with Crippen LogP contribution in [0.3, 0.4) is 0 Å². The van der Waals surface area contributed by atoms with Gasteiger partial charge in [-0.25, -0.2) is 4.98 Å². The summed E-state index contributed by atoms with van der Waals surface area (Å²) in [5.41, 5.74) is 3.45. The van der Waals surface area contributed by atoms with Crippen LogP contribution >= 0.6 is 0 Å². The average molecular weight is 268 g/mol. The monoisotopic (exact) mass is 268 g/mol. The number of pyridine rings is 1. The van der Waals surface area contributed by atoms with E-state index in [1.807, 2.05) is 12.1 Å². The van der Waals surface area contributed by atoms with Gasteiger partial charge in [-0.1, -0.05) is 24.3 Å². The number of aliphatic hydroxyl groups excluding tert-OH is 1. The molecule has 2 atom stereocenters. The van der Waals surface area contributed by atoms with Crippen LogP contribution in [0.15, 0.2) is 42.6 Å². The fraction of sp³-hybridized carbons (Fsp3) is 0.353. The van der Waals surface area contributed by atoms with Crippen LogP contribution in [0.2, 0.25) is 0 Å². The van der Waals surface area contributed by atoms with Crippen molar-refractivity contribution in [2.24, 2.45) is 0 Å². The summed E-state index contributed by atoms with van der Waals surface area (Å²) in [5.74, 6) is 0.877. The average Bonchev–Trinajstić information content (AvgIpc) is 2.47. The molecule has 0 saturated heterocycles. The molecular weight excluding hydrogens is 248 g/mol. The van der Waals surface area contributed by atoms with Crippen molar-refractivity contribution in [2.75, 3.05) is 4.90 Å². The van der Waals surface area contributed by atoms with Gasteiger partial charge in [-0.05, 0) is 44.4 Å². The first kappa shape index (κ1) is 13.1. The third-order valence-electron chi connectivity index (χ3n) is 4.02. The quantitative estimate of drug-likeness (QED) is 0.904. The number of hydrogen-bond acceptors (Lipinski definition) is 3. The standard InChI is InChI=1S/C17H20N2O/c1-12-9-10-14-6-3-4-8-16(14)19(12)17-15(13(2)20)7-5-11-18-17/h3-8,11-13,20H,9-10H2,1-2H3. The topological polar surface area (TPSA) is 36.4 Å². The molecule has 3 rings (SSSR count). The summed E-state index contributed by atoms with van der Waals surface area (Å²) in [5, 5.41) is 10.0. The second kappa shape index (κ2) is 5.25. The molecule has 2 unspecified atom stereocenters. The van der Waals surface area contributed by atoms with Crippen molar-refractivity contribution in [3.8, 4) is 0 Å². The summed E-state index contributed by atoms with van der Waals surface area (Å²) in [7, 11) is 0. The van der Waals surface area contributed by atoms with Crippen LogP contribution in [0, 0.1) is 0 Å². The fourth-order valence-electron chi connectivity index (χ4n) is 2.95. The van der Waals surface area contributed by atoms with E-state index in [1.165, 1.54) is 11.3 Å². The maximum Gasteiger partial charge on any atom is 0.139 e. The van der Waals surface area contributed by atoms with Gasteiger partial charge < -0.3 is 10.0 Å². The Morgan fingerprint density at radius 2 is 2.05 bits per heavy atom. The number of hydrogen-bond donors (Lipinski definition) is 1. The van der Waals surface area contributed by atoms with Crippen molar-refractivity contribution >= 4 is 11.5 Å². The highest BCUT2D eigenvalue weighted by Crippen LogP contribution is 2.38. The van der Waals surface area contributed by atoms with Gasteiger partial charge >= 0.3 is 0 Å².